The predicted molar refractivity (Wildman–Crippen MR) is 132 cm³/mol. The number of pyridine rings is 1. The van der Waals surface area contributed by atoms with Gasteiger partial charge in [0, 0.05) is 29.8 Å². The van der Waals surface area contributed by atoms with Crippen LogP contribution in [0.1, 0.15) is 65.6 Å². The molecule has 3 aromatic rings. The Hall–Kier alpha value is -2.66. The van der Waals surface area contributed by atoms with Gasteiger partial charge in [0.15, 0.2) is 5.11 Å². The average molecular weight is 433 g/mol. The predicted octanol–water partition coefficient (Wildman–Crippen LogP) is 5.88. The first kappa shape index (κ1) is 21.6. The van der Waals surface area contributed by atoms with Crippen molar-refractivity contribution in [1.82, 2.24) is 19.8 Å². The third-order valence-electron chi connectivity index (χ3n) is 6.34. The van der Waals surface area contributed by atoms with E-state index in [0.29, 0.717) is 0 Å². The van der Waals surface area contributed by atoms with Crippen LogP contribution >= 0.6 is 12.2 Å². The fraction of sp³-hybridized carbons (Fsp3) is 0.385. The minimum Gasteiger partial charge on any atom is -0.352 e. The van der Waals surface area contributed by atoms with E-state index in [1.165, 1.54) is 33.8 Å². The van der Waals surface area contributed by atoms with Gasteiger partial charge in [0.25, 0.3) is 0 Å². The van der Waals surface area contributed by atoms with Crippen molar-refractivity contribution in [2.75, 3.05) is 6.54 Å². The molecule has 0 radical (unpaired) electrons. The van der Waals surface area contributed by atoms with Crippen LogP contribution in [-0.4, -0.2) is 26.1 Å². The summed E-state index contributed by atoms with van der Waals surface area (Å²) in [6.45, 7) is 11.9. The Kier molecular flexibility index (Phi) is 6.15. The number of nitrogens with zero attached hydrogens (tertiary/aromatic N) is 3. The number of nitrogens with one attached hydrogen (secondary N) is 1. The Labute approximate surface area is 191 Å². The van der Waals surface area contributed by atoms with E-state index in [0.717, 1.165) is 30.2 Å². The van der Waals surface area contributed by atoms with Crippen molar-refractivity contribution in [3.8, 4) is 5.69 Å². The summed E-state index contributed by atoms with van der Waals surface area (Å²) < 4.78 is 2.40. The Morgan fingerprint density at radius 2 is 1.87 bits per heavy atom. The van der Waals surface area contributed by atoms with Crippen LogP contribution in [0.5, 0.6) is 0 Å². The molecule has 0 bridgehead atoms. The van der Waals surface area contributed by atoms with E-state index in [9.17, 15) is 0 Å². The third-order valence-corrected chi connectivity index (χ3v) is 6.70. The maximum absolute atomic E-state index is 5.80. The van der Waals surface area contributed by atoms with Crippen LogP contribution in [0.15, 0.2) is 48.7 Å². The molecule has 1 N–H and O–H groups in total. The fourth-order valence-corrected chi connectivity index (χ4v) is 5.06. The van der Waals surface area contributed by atoms with E-state index < -0.39 is 0 Å². The van der Waals surface area contributed by atoms with Gasteiger partial charge in [-0.1, -0.05) is 31.5 Å². The molecule has 31 heavy (non-hydrogen) atoms. The molecule has 0 saturated carbocycles. The van der Waals surface area contributed by atoms with Gasteiger partial charge in [-0.05, 0) is 87.3 Å². The summed E-state index contributed by atoms with van der Waals surface area (Å²) in [6, 6.07) is 15.3. The molecule has 5 heteroatoms. The van der Waals surface area contributed by atoms with Crippen LogP contribution in [0.2, 0.25) is 0 Å². The van der Waals surface area contributed by atoms with Crippen molar-refractivity contribution in [2.24, 2.45) is 0 Å². The van der Waals surface area contributed by atoms with Crippen molar-refractivity contribution in [2.45, 2.75) is 59.5 Å². The molecular formula is C26H32N4S. The molecule has 1 aliphatic heterocycles. The highest BCUT2D eigenvalue weighted by Crippen LogP contribution is 2.41. The van der Waals surface area contributed by atoms with Crippen molar-refractivity contribution in [3.05, 3.63) is 82.4 Å². The summed E-state index contributed by atoms with van der Waals surface area (Å²) in [5.41, 5.74) is 8.67. The highest BCUT2D eigenvalue weighted by atomic mass is 32.1. The second-order valence-corrected chi connectivity index (χ2v) is 9.01. The summed E-state index contributed by atoms with van der Waals surface area (Å²) in [7, 11) is 0. The summed E-state index contributed by atoms with van der Waals surface area (Å²) >= 11 is 5.80. The first-order chi connectivity index (χ1) is 14.9. The molecular weight excluding hydrogens is 400 g/mol. The van der Waals surface area contributed by atoms with Crippen molar-refractivity contribution in [3.63, 3.8) is 0 Å². The summed E-state index contributed by atoms with van der Waals surface area (Å²) in [5.74, 6) is 0. The van der Waals surface area contributed by atoms with Crippen molar-refractivity contribution in [1.29, 1.82) is 0 Å². The van der Waals surface area contributed by atoms with Gasteiger partial charge in [-0.2, -0.15) is 0 Å². The second-order valence-electron chi connectivity index (χ2n) is 8.63. The zero-order valence-corrected chi connectivity index (χ0v) is 20.0. The Balaban J connectivity index is 1.84. The van der Waals surface area contributed by atoms with E-state index in [2.05, 4.69) is 90.8 Å². The molecule has 4 rings (SSSR count). The maximum atomic E-state index is 5.80. The lowest BCUT2D eigenvalue weighted by molar-refractivity contribution is 0.312. The lowest BCUT2D eigenvalue weighted by atomic mass is 9.96. The van der Waals surface area contributed by atoms with Crippen LogP contribution < -0.4 is 5.32 Å². The van der Waals surface area contributed by atoms with Gasteiger partial charge in [0.05, 0.1) is 17.8 Å². The molecule has 1 saturated heterocycles. The zero-order valence-electron chi connectivity index (χ0n) is 19.1. The number of hydrogen-bond donors (Lipinski definition) is 1. The van der Waals surface area contributed by atoms with E-state index in [1.54, 1.807) is 0 Å². The van der Waals surface area contributed by atoms with Crippen LogP contribution in [-0.2, 0) is 0 Å². The average Bonchev–Trinajstić information content (AvgIpc) is 3.24. The molecule has 1 fully saturated rings. The van der Waals surface area contributed by atoms with Crippen molar-refractivity contribution >= 4 is 17.3 Å². The molecule has 1 aromatic carbocycles. The summed E-state index contributed by atoms with van der Waals surface area (Å²) in [6.07, 6.45) is 4.12. The summed E-state index contributed by atoms with van der Waals surface area (Å²) in [5, 5.41) is 4.40. The van der Waals surface area contributed by atoms with Gasteiger partial charge in [-0.15, -0.1) is 0 Å². The SMILES string of the molecule is CCCCN1C(=S)N[C@@H](c2ccccn2)[C@H]1c1cc(C)n(-c2cc(C)ccc2C)c1C. The van der Waals surface area contributed by atoms with Gasteiger partial charge in [-0.25, -0.2) is 0 Å². The van der Waals surface area contributed by atoms with Crippen LogP contribution in [0, 0.1) is 27.7 Å². The minimum atomic E-state index is 0.0399. The Morgan fingerprint density at radius 1 is 1.06 bits per heavy atom. The third kappa shape index (κ3) is 3.99. The van der Waals surface area contributed by atoms with Crippen LogP contribution in [0.4, 0.5) is 0 Å². The number of hydrogen-bond acceptors (Lipinski definition) is 2. The van der Waals surface area contributed by atoms with Crippen molar-refractivity contribution < 1.29 is 0 Å². The fourth-order valence-electron chi connectivity index (χ4n) is 4.73. The molecule has 0 spiro atoms. The molecule has 2 atom stereocenters. The molecule has 4 nitrogen and oxygen atoms in total. The quantitative estimate of drug-likeness (QED) is 0.493. The zero-order chi connectivity index (χ0) is 22.1. The second kappa shape index (κ2) is 8.83. The van der Waals surface area contributed by atoms with E-state index in [1.807, 2.05) is 12.3 Å². The number of unbranched alkanes of at least 4 members (excludes halogenated alkanes) is 1. The number of benzene rings is 1. The molecule has 2 aromatic heterocycles. The van der Waals surface area contributed by atoms with E-state index >= 15 is 0 Å². The van der Waals surface area contributed by atoms with Gasteiger partial charge in [-0.3, -0.25) is 4.98 Å². The van der Waals surface area contributed by atoms with Gasteiger partial charge >= 0.3 is 0 Å². The molecule has 0 unspecified atom stereocenters. The van der Waals surface area contributed by atoms with Gasteiger partial charge in [0.2, 0.25) is 0 Å². The minimum absolute atomic E-state index is 0.0399. The van der Waals surface area contributed by atoms with Gasteiger partial charge < -0.3 is 14.8 Å². The highest BCUT2D eigenvalue weighted by Gasteiger charge is 2.41. The first-order valence-corrected chi connectivity index (χ1v) is 11.6. The maximum Gasteiger partial charge on any atom is 0.170 e. The smallest absolute Gasteiger partial charge is 0.170 e. The monoisotopic (exact) mass is 432 g/mol. The number of aromatic nitrogens is 2. The lowest BCUT2D eigenvalue weighted by Crippen LogP contribution is -2.30. The molecule has 3 heterocycles. The highest BCUT2D eigenvalue weighted by molar-refractivity contribution is 7.80. The van der Waals surface area contributed by atoms with Gasteiger partial charge in [0.1, 0.15) is 0 Å². The largest absolute Gasteiger partial charge is 0.352 e. The molecule has 162 valence electrons. The number of thiocarbonyl (C=S) groups is 1. The molecule has 0 amide bonds. The first-order valence-electron chi connectivity index (χ1n) is 11.2. The summed E-state index contributed by atoms with van der Waals surface area (Å²) in [4.78, 5) is 7.04. The molecule has 1 aliphatic rings. The molecule has 0 aliphatic carbocycles. The van der Waals surface area contributed by atoms with Crippen LogP contribution in [0.25, 0.3) is 5.69 Å². The number of aryl methyl sites for hydroxylation is 3. The number of rotatable bonds is 6. The van der Waals surface area contributed by atoms with Crippen LogP contribution in [0.3, 0.4) is 0 Å². The lowest BCUT2D eigenvalue weighted by Gasteiger charge is -2.28. The van der Waals surface area contributed by atoms with E-state index in [-0.39, 0.29) is 12.1 Å². The standard InChI is InChI=1S/C26H32N4S/c1-6-7-14-29-25(24(28-26(29)31)22-10-8-9-13-27-22)21-16-19(4)30(20(21)5)23-15-17(2)11-12-18(23)3/h8-13,15-16,24-25H,6-7,14H2,1-5H3,(H,28,31)/t24-,25+/m0/s1. The Morgan fingerprint density at radius 3 is 2.58 bits per heavy atom. The topological polar surface area (TPSA) is 33.1 Å². The van der Waals surface area contributed by atoms with E-state index in [4.69, 9.17) is 12.2 Å². The Bertz CT molecular complexity index is 1090. The normalized spacial score (nSPS) is 18.5.